The van der Waals surface area contributed by atoms with Crippen molar-refractivity contribution >= 4 is 11.7 Å². The predicted octanol–water partition coefficient (Wildman–Crippen LogP) is -0.292. The van der Waals surface area contributed by atoms with E-state index in [-0.39, 0.29) is 17.0 Å². The van der Waals surface area contributed by atoms with Gasteiger partial charge in [-0.05, 0) is 24.3 Å². The van der Waals surface area contributed by atoms with Crippen molar-refractivity contribution in [1.82, 2.24) is 34.8 Å². The highest BCUT2D eigenvalue weighted by Crippen LogP contribution is 2.14. The molecule has 1 amide bonds. The van der Waals surface area contributed by atoms with Gasteiger partial charge in [-0.15, -0.1) is 10.2 Å². The van der Waals surface area contributed by atoms with Gasteiger partial charge >= 0.3 is 0 Å². The van der Waals surface area contributed by atoms with Crippen molar-refractivity contribution in [3.05, 3.63) is 59.0 Å². The molecule has 1 fully saturated rings. The molecule has 0 unspecified atom stereocenters. The van der Waals surface area contributed by atoms with Crippen molar-refractivity contribution < 1.29 is 4.79 Å². The molecule has 4 heterocycles. The molecule has 3 aromatic heterocycles. The Morgan fingerprint density at radius 2 is 1.81 bits per heavy atom. The van der Waals surface area contributed by atoms with E-state index in [0.29, 0.717) is 32.0 Å². The first-order valence-corrected chi connectivity index (χ1v) is 8.13. The maximum atomic E-state index is 12.5. The monoisotopic (exact) mass is 352 g/mol. The summed E-state index contributed by atoms with van der Waals surface area (Å²) >= 11 is 0. The predicted molar refractivity (Wildman–Crippen MR) is 92.1 cm³/mol. The molecule has 132 valence electrons. The molecule has 0 aliphatic carbocycles. The average molecular weight is 352 g/mol. The van der Waals surface area contributed by atoms with E-state index in [0.717, 1.165) is 5.82 Å². The van der Waals surface area contributed by atoms with E-state index >= 15 is 0 Å². The largest absolute Gasteiger partial charge is 0.352 e. The Hall–Kier alpha value is -3.56. The second-order valence-corrected chi connectivity index (χ2v) is 5.78. The van der Waals surface area contributed by atoms with E-state index in [4.69, 9.17) is 0 Å². The van der Waals surface area contributed by atoms with Crippen LogP contribution in [-0.2, 0) is 0 Å². The number of carbonyl (C=O) groups is 1. The first-order chi connectivity index (χ1) is 12.7. The zero-order valence-electron chi connectivity index (χ0n) is 13.8. The van der Waals surface area contributed by atoms with Crippen molar-refractivity contribution in [3.63, 3.8) is 0 Å². The zero-order chi connectivity index (χ0) is 17.9. The van der Waals surface area contributed by atoms with Crippen LogP contribution >= 0.6 is 0 Å². The number of H-pyrrole nitrogens is 1. The summed E-state index contributed by atoms with van der Waals surface area (Å²) in [6, 6.07) is 6.88. The molecule has 26 heavy (non-hydrogen) atoms. The number of anilines is 1. The summed E-state index contributed by atoms with van der Waals surface area (Å²) < 4.78 is 1.53. The molecule has 1 saturated heterocycles. The second-order valence-electron chi connectivity index (χ2n) is 5.78. The Kier molecular flexibility index (Phi) is 4.14. The number of rotatable bonds is 3. The molecule has 0 spiro atoms. The number of nitrogens with one attached hydrogen (secondary N) is 1. The number of hydrogen-bond acceptors (Lipinski definition) is 7. The second kappa shape index (κ2) is 6.75. The molecule has 10 heteroatoms. The maximum Gasteiger partial charge on any atom is 0.260 e. The quantitative estimate of drug-likeness (QED) is 0.689. The highest BCUT2D eigenvalue weighted by Gasteiger charge is 2.24. The molecular weight excluding hydrogens is 336 g/mol. The number of aromatic nitrogens is 6. The van der Waals surface area contributed by atoms with Crippen molar-refractivity contribution in [2.24, 2.45) is 0 Å². The van der Waals surface area contributed by atoms with E-state index in [1.807, 2.05) is 12.1 Å². The van der Waals surface area contributed by atoms with Crippen LogP contribution in [0, 0.1) is 0 Å². The fraction of sp³-hybridized carbons (Fsp3) is 0.250. The number of aromatic amines is 1. The highest BCUT2D eigenvalue weighted by molar-refractivity contribution is 5.93. The van der Waals surface area contributed by atoms with Gasteiger partial charge in [-0.2, -0.15) is 5.10 Å². The first kappa shape index (κ1) is 15.9. The molecule has 4 rings (SSSR count). The van der Waals surface area contributed by atoms with Gasteiger partial charge in [-0.25, -0.2) is 9.67 Å². The van der Waals surface area contributed by atoms with Gasteiger partial charge in [0.2, 0.25) is 0 Å². The molecule has 0 atom stereocenters. The Bertz CT molecular complexity index is 943. The SMILES string of the molecule is O=C(c1ccc[nH]c1=O)N1CCN(c2ccc(-n3cncn3)nn2)CC1. The number of pyridine rings is 1. The molecule has 0 aromatic carbocycles. The summed E-state index contributed by atoms with van der Waals surface area (Å²) in [5.41, 5.74) is -0.201. The van der Waals surface area contributed by atoms with Gasteiger partial charge in [-0.1, -0.05) is 0 Å². The molecule has 1 N–H and O–H groups in total. The Balaban J connectivity index is 1.41. The lowest BCUT2D eigenvalue weighted by molar-refractivity contribution is 0.0744. The number of hydrogen-bond donors (Lipinski definition) is 1. The molecule has 1 aliphatic heterocycles. The number of carbonyl (C=O) groups excluding carboxylic acids is 1. The van der Waals surface area contributed by atoms with Crippen LogP contribution in [-0.4, -0.2) is 66.9 Å². The van der Waals surface area contributed by atoms with Crippen LogP contribution in [0.1, 0.15) is 10.4 Å². The van der Waals surface area contributed by atoms with Gasteiger partial charge in [0, 0.05) is 32.4 Å². The maximum absolute atomic E-state index is 12.5. The van der Waals surface area contributed by atoms with E-state index in [1.54, 1.807) is 23.4 Å². The van der Waals surface area contributed by atoms with Crippen LogP contribution < -0.4 is 10.5 Å². The van der Waals surface area contributed by atoms with Crippen LogP contribution in [0.25, 0.3) is 5.82 Å². The summed E-state index contributed by atoms with van der Waals surface area (Å²) in [5.74, 6) is 1.07. The molecule has 0 saturated carbocycles. The van der Waals surface area contributed by atoms with Gasteiger partial charge in [0.1, 0.15) is 18.2 Å². The fourth-order valence-corrected chi connectivity index (χ4v) is 2.83. The van der Waals surface area contributed by atoms with Gasteiger partial charge in [0.05, 0.1) is 0 Å². The topological polar surface area (TPSA) is 113 Å². The van der Waals surface area contributed by atoms with Crippen LogP contribution in [0.4, 0.5) is 5.82 Å². The van der Waals surface area contributed by atoms with Crippen LogP contribution in [0.2, 0.25) is 0 Å². The van der Waals surface area contributed by atoms with E-state index in [2.05, 4.69) is 30.2 Å². The Labute approximate surface area is 148 Å². The smallest absolute Gasteiger partial charge is 0.260 e. The van der Waals surface area contributed by atoms with Crippen LogP contribution in [0.5, 0.6) is 0 Å². The number of nitrogens with zero attached hydrogens (tertiary/aromatic N) is 7. The minimum absolute atomic E-state index is 0.165. The zero-order valence-corrected chi connectivity index (χ0v) is 13.8. The third-order valence-electron chi connectivity index (χ3n) is 4.23. The Morgan fingerprint density at radius 3 is 2.46 bits per heavy atom. The van der Waals surface area contributed by atoms with Gasteiger partial charge in [-0.3, -0.25) is 9.59 Å². The Morgan fingerprint density at radius 1 is 1.04 bits per heavy atom. The lowest BCUT2D eigenvalue weighted by atomic mass is 10.2. The van der Waals surface area contributed by atoms with E-state index in [9.17, 15) is 9.59 Å². The van der Waals surface area contributed by atoms with Crippen LogP contribution in [0.3, 0.4) is 0 Å². The third-order valence-corrected chi connectivity index (χ3v) is 4.23. The van der Waals surface area contributed by atoms with Gasteiger partial charge in [0.25, 0.3) is 11.5 Å². The fourth-order valence-electron chi connectivity index (χ4n) is 2.83. The van der Waals surface area contributed by atoms with E-state index < -0.39 is 0 Å². The summed E-state index contributed by atoms with van der Waals surface area (Å²) in [6.45, 7) is 2.26. The van der Waals surface area contributed by atoms with Gasteiger partial charge < -0.3 is 14.8 Å². The summed E-state index contributed by atoms with van der Waals surface area (Å²) in [4.78, 5) is 34.4. The lowest BCUT2D eigenvalue weighted by Crippen LogP contribution is -2.49. The van der Waals surface area contributed by atoms with Crippen molar-refractivity contribution in [2.75, 3.05) is 31.1 Å². The summed E-state index contributed by atoms with van der Waals surface area (Å²) in [6.07, 6.45) is 4.50. The minimum Gasteiger partial charge on any atom is -0.352 e. The first-order valence-electron chi connectivity index (χ1n) is 8.13. The molecule has 3 aromatic rings. The number of piperazine rings is 1. The molecule has 0 bridgehead atoms. The lowest BCUT2D eigenvalue weighted by Gasteiger charge is -2.35. The van der Waals surface area contributed by atoms with Crippen LogP contribution in [0.15, 0.2) is 47.9 Å². The molecule has 1 aliphatic rings. The van der Waals surface area contributed by atoms with Crippen molar-refractivity contribution in [1.29, 1.82) is 0 Å². The third kappa shape index (κ3) is 3.04. The molecule has 0 radical (unpaired) electrons. The molecular formula is C16H16N8O2. The summed E-state index contributed by atoms with van der Waals surface area (Å²) in [7, 11) is 0. The van der Waals surface area contributed by atoms with Crippen molar-refractivity contribution in [3.8, 4) is 5.82 Å². The summed E-state index contributed by atoms with van der Waals surface area (Å²) in [5, 5.41) is 12.4. The molecule has 10 nitrogen and oxygen atoms in total. The van der Waals surface area contributed by atoms with E-state index in [1.165, 1.54) is 17.2 Å². The van der Waals surface area contributed by atoms with Crippen molar-refractivity contribution in [2.45, 2.75) is 0 Å². The standard InChI is InChI=1S/C16H16N8O2/c25-15-12(2-1-5-18-15)16(26)23-8-6-22(7-9-23)13-3-4-14(21-20-13)24-11-17-10-19-24/h1-5,10-11H,6-9H2,(H,18,25). The normalized spacial score (nSPS) is 14.5. The highest BCUT2D eigenvalue weighted by atomic mass is 16.2. The minimum atomic E-state index is -0.366. The van der Waals surface area contributed by atoms with Gasteiger partial charge in [0.15, 0.2) is 11.6 Å². The number of amides is 1. The average Bonchev–Trinajstić information content (AvgIpc) is 3.23.